The van der Waals surface area contributed by atoms with Crippen LogP contribution in [0, 0.1) is 5.82 Å². The van der Waals surface area contributed by atoms with Crippen LogP contribution >= 0.6 is 11.6 Å². The molecule has 1 amide bonds. The summed E-state index contributed by atoms with van der Waals surface area (Å²) in [5, 5.41) is 18.5. The highest BCUT2D eigenvalue weighted by atomic mass is 35.5. The second kappa shape index (κ2) is 5.13. The van der Waals surface area contributed by atoms with E-state index in [-0.39, 0.29) is 0 Å². The van der Waals surface area contributed by atoms with Gasteiger partial charge in [0.2, 0.25) is 0 Å². The first kappa shape index (κ1) is 14.7. The zero-order valence-electron chi connectivity index (χ0n) is 8.42. The third-order valence-corrected chi connectivity index (χ3v) is 2.19. The predicted molar refractivity (Wildman–Crippen MR) is 55.9 cm³/mol. The van der Waals surface area contributed by atoms with Gasteiger partial charge in [0.1, 0.15) is 5.82 Å². The minimum absolute atomic E-state index is 0.525. The van der Waals surface area contributed by atoms with Crippen LogP contribution in [-0.4, -0.2) is 29.2 Å². The summed E-state index contributed by atoms with van der Waals surface area (Å²) in [6.07, 6.45) is -5.19. The van der Waals surface area contributed by atoms with Crippen molar-refractivity contribution in [1.82, 2.24) is 0 Å². The Labute approximate surface area is 103 Å². The molecular formula is C8H5BClF4NO3. The van der Waals surface area contributed by atoms with E-state index in [0.29, 0.717) is 0 Å². The van der Waals surface area contributed by atoms with Gasteiger partial charge in [0.15, 0.2) is 0 Å². The number of anilines is 1. The van der Waals surface area contributed by atoms with E-state index in [1.165, 1.54) is 5.32 Å². The number of nitrogens with one attached hydrogen (secondary N) is 1. The minimum Gasteiger partial charge on any atom is -0.423 e. The second-order valence-electron chi connectivity index (χ2n) is 3.15. The first-order valence-corrected chi connectivity index (χ1v) is 4.74. The fourth-order valence-corrected chi connectivity index (χ4v) is 1.29. The normalized spacial score (nSPS) is 11.3. The van der Waals surface area contributed by atoms with Gasteiger partial charge in [0.05, 0.1) is 5.02 Å². The highest BCUT2D eigenvalue weighted by molar-refractivity contribution is 6.61. The van der Waals surface area contributed by atoms with Gasteiger partial charge < -0.3 is 15.4 Å². The molecule has 0 spiro atoms. The first-order chi connectivity index (χ1) is 8.14. The molecule has 0 saturated heterocycles. The van der Waals surface area contributed by atoms with Gasteiger partial charge in [-0.2, -0.15) is 13.2 Å². The van der Waals surface area contributed by atoms with Gasteiger partial charge in [0, 0.05) is 11.2 Å². The number of halogens is 5. The van der Waals surface area contributed by atoms with Gasteiger partial charge in [0.25, 0.3) is 0 Å². The standard InChI is InChI=1S/C8H5BClF4NO3/c10-3-1-2-4(5(6(3)11)9(17)18)15-7(16)8(12,13)14/h1-2,17-18H,(H,15,16). The summed E-state index contributed by atoms with van der Waals surface area (Å²) in [6.45, 7) is 0. The molecule has 0 atom stereocenters. The SMILES string of the molecule is O=C(Nc1ccc(Cl)c(F)c1B(O)O)C(F)(F)F. The van der Waals surface area contributed by atoms with Crippen LogP contribution in [0.4, 0.5) is 23.2 Å². The Hall–Kier alpha value is -1.32. The van der Waals surface area contributed by atoms with Crippen molar-refractivity contribution in [1.29, 1.82) is 0 Å². The fourth-order valence-electron chi connectivity index (χ4n) is 1.12. The third-order valence-electron chi connectivity index (χ3n) is 1.90. The molecule has 0 bridgehead atoms. The highest BCUT2D eigenvalue weighted by Gasteiger charge is 2.39. The zero-order chi connectivity index (χ0) is 14.1. The molecule has 1 aromatic rings. The lowest BCUT2D eigenvalue weighted by molar-refractivity contribution is -0.167. The van der Waals surface area contributed by atoms with Crippen molar-refractivity contribution in [2.24, 2.45) is 0 Å². The third kappa shape index (κ3) is 3.12. The maximum atomic E-state index is 13.4. The Bertz CT molecular complexity index is 480. The van der Waals surface area contributed by atoms with Gasteiger partial charge in [-0.1, -0.05) is 11.6 Å². The average molecular weight is 285 g/mol. The Morgan fingerprint density at radius 3 is 2.33 bits per heavy atom. The molecule has 98 valence electrons. The molecule has 0 aromatic heterocycles. The fraction of sp³-hybridized carbons (Fsp3) is 0.125. The number of hydrogen-bond donors (Lipinski definition) is 3. The van der Waals surface area contributed by atoms with Crippen LogP contribution < -0.4 is 10.8 Å². The number of alkyl halides is 3. The van der Waals surface area contributed by atoms with Gasteiger partial charge >= 0.3 is 19.2 Å². The Balaban J connectivity index is 3.18. The molecule has 0 fully saturated rings. The molecule has 0 heterocycles. The van der Waals surface area contributed by atoms with E-state index in [4.69, 9.17) is 21.6 Å². The van der Waals surface area contributed by atoms with Crippen LogP contribution in [0.2, 0.25) is 5.02 Å². The molecule has 0 aliphatic rings. The predicted octanol–water partition coefficient (Wildman–Crippen LogP) is 0.660. The molecular weight excluding hydrogens is 280 g/mol. The summed E-state index contributed by atoms with van der Waals surface area (Å²) in [5.41, 5.74) is -1.67. The molecule has 0 aliphatic carbocycles. The van der Waals surface area contributed by atoms with E-state index in [0.717, 1.165) is 12.1 Å². The Morgan fingerprint density at radius 2 is 1.89 bits per heavy atom. The number of carbonyl (C=O) groups is 1. The summed E-state index contributed by atoms with van der Waals surface area (Å²) in [5.74, 6) is -3.70. The van der Waals surface area contributed by atoms with E-state index in [9.17, 15) is 22.4 Å². The average Bonchev–Trinajstić information content (AvgIpc) is 2.21. The van der Waals surface area contributed by atoms with Gasteiger partial charge in [-0.25, -0.2) is 4.39 Å². The van der Waals surface area contributed by atoms with Crippen LogP contribution in [0.25, 0.3) is 0 Å². The molecule has 1 aromatic carbocycles. The molecule has 0 saturated carbocycles. The zero-order valence-corrected chi connectivity index (χ0v) is 9.18. The first-order valence-electron chi connectivity index (χ1n) is 4.36. The van der Waals surface area contributed by atoms with Crippen molar-refractivity contribution >= 4 is 35.8 Å². The lowest BCUT2D eigenvalue weighted by Gasteiger charge is -2.13. The van der Waals surface area contributed by atoms with Crippen LogP contribution in [0.3, 0.4) is 0 Å². The van der Waals surface area contributed by atoms with Crippen LogP contribution in [-0.2, 0) is 4.79 Å². The summed E-state index contributed by atoms with van der Waals surface area (Å²) >= 11 is 5.32. The van der Waals surface area contributed by atoms with Gasteiger partial charge in [-0.05, 0) is 12.1 Å². The largest absolute Gasteiger partial charge is 0.493 e. The van der Waals surface area contributed by atoms with E-state index < -0.39 is 41.2 Å². The molecule has 4 nitrogen and oxygen atoms in total. The molecule has 3 N–H and O–H groups in total. The molecule has 0 aliphatic heterocycles. The minimum atomic E-state index is -5.19. The van der Waals surface area contributed by atoms with Crippen molar-refractivity contribution in [2.45, 2.75) is 6.18 Å². The Kier molecular flexibility index (Phi) is 4.20. The maximum absolute atomic E-state index is 13.4. The lowest BCUT2D eigenvalue weighted by Crippen LogP contribution is -2.39. The second-order valence-corrected chi connectivity index (χ2v) is 3.56. The van der Waals surface area contributed by atoms with Gasteiger partial charge in [-0.3, -0.25) is 4.79 Å². The number of carbonyl (C=O) groups excluding carboxylic acids is 1. The van der Waals surface area contributed by atoms with E-state index in [1.54, 1.807) is 0 Å². The van der Waals surface area contributed by atoms with E-state index in [2.05, 4.69) is 0 Å². The maximum Gasteiger partial charge on any atom is 0.493 e. The van der Waals surface area contributed by atoms with Crippen molar-refractivity contribution in [3.8, 4) is 0 Å². The lowest BCUT2D eigenvalue weighted by atomic mass is 9.78. The van der Waals surface area contributed by atoms with Crippen LogP contribution in [0.5, 0.6) is 0 Å². The van der Waals surface area contributed by atoms with E-state index >= 15 is 0 Å². The smallest absolute Gasteiger partial charge is 0.423 e. The van der Waals surface area contributed by atoms with Crippen molar-refractivity contribution in [3.63, 3.8) is 0 Å². The monoisotopic (exact) mass is 285 g/mol. The number of benzene rings is 1. The van der Waals surface area contributed by atoms with E-state index in [1.807, 2.05) is 0 Å². The number of hydrogen-bond acceptors (Lipinski definition) is 3. The number of rotatable bonds is 2. The van der Waals surface area contributed by atoms with Crippen molar-refractivity contribution in [2.75, 3.05) is 5.32 Å². The number of amides is 1. The molecule has 18 heavy (non-hydrogen) atoms. The summed E-state index contributed by atoms with van der Waals surface area (Å²) in [7, 11) is -2.42. The van der Waals surface area contributed by atoms with Crippen LogP contribution in [0.1, 0.15) is 0 Å². The Morgan fingerprint density at radius 1 is 1.33 bits per heavy atom. The van der Waals surface area contributed by atoms with Crippen molar-refractivity contribution in [3.05, 3.63) is 23.0 Å². The molecule has 0 unspecified atom stereocenters. The topological polar surface area (TPSA) is 69.6 Å². The molecule has 0 radical (unpaired) electrons. The highest BCUT2D eigenvalue weighted by Crippen LogP contribution is 2.21. The summed E-state index contributed by atoms with van der Waals surface area (Å²) in [4.78, 5) is 10.7. The van der Waals surface area contributed by atoms with Crippen LogP contribution in [0.15, 0.2) is 12.1 Å². The molecule has 10 heteroatoms. The quantitative estimate of drug-likeness (QED) is 0.552. The summed E-state index contributed by atoms with van der Waals surface area (Å²) < 4.78 is 49.3. The van der Waals surface area contributed by atoms with Crippen molar-refractivity contribution < 1.29 is 32.4 Å². The summed E-state index contributed by atoms with van der Waals surface area (Å²) in [6, 6.07) is 1.69. The van der Waals surface area contributed by atoms with Gasteiger partial charge in [-0.15, -0.1) is 0 Å². The molecule has 1 rings (SSSR count).